The molecule has 13 fully saturated rings. The molecule has 0 aromatic carbocycles. The van der Waals surface area contributed by atoms with Crippen molar-refractivity contribution >= 4 is 136 Å². The average molecular weight is 1810 g/mol. The van der Waals surface area contributed by atoms with Gasteiger partial charge in [-0.15, -0.1) is 0 Å². The Labute approximate surface area is 745 Å². The Morgan fingerprint density at radius 2 is 0.492 bits per heavy atom. The fourth-order valence-electron chi connectivity index (χ4n) is 21.2. The molecule has 0 aliphatic carbocycles. The Balaban J connectivity index is 0.518. The number of amides is 20. The Hall–Kier alpha value is -10.8. The number of nitrogens with zero attached hydrogens (tertiary/aromatic N) is 12. The molecule has 0 bridgehead atoms. The molecule has 44 heteroatoms. The van der Waals surface area contributed by atoms with Crippen LogP contribution in [0.25, 0.3) is 0 Å². The topological polar surface area (TPSA) is 526 Å². The van der Waals surface area contributed by atoms with Gasteiger partial charge < -0.3 is 112 Å². The van der Waals surface area contributed by atoms with Gasteiger partial charge >= 0.3 is 5.97 Å². The zero-order valence-electron chi connectivity index (χ0n) is 72.8. The molecule has 13 aliphatic rings. The van der Waals surface area contributed by atoms with Gasteiger partial charge in [-0.25, -0.2) is 0 Å². The van der Waals surface area contributed by atoms with E-state index >= 15 is 0 Å². The number of carboxylic acids is 1. The van der Waals surface area contributed by atoms with Gasteiger partial charge in [0.25, 0.3) is 0 Å². The highest BCUT2D eigenvalue weighted by molar-refractivity contribution is 7.98. The molecule has 13 heterocycles. The predicted octanol–water partition coefficient (Wildman–Crippen LogP) is -6.23. The summed E-state index contributed by atoms with van der Waals surface area (Å²) in [5.74, 6) is -11.2. The number of hydrogen-bond donors (Lipinski definition) is 10. The van der Waals surface area contributed by atoms with E-state index in [1.54, 1.807) is 4.90 Å². The number of carbonyl (C=O) groups excluding carboxylic acids is 20. The molecule has 0 aromatic heterocycles. The maximum Gasteiger partial charge on any atom is 0.322 e. The van der Waals surface area contributed by atoms with E-state index in [4.69, 9.17) is 5.11 Å². The molecule has 20 amide bonds. The van der Waals surface area contributed by atoms with Crippen LogP contribution in [0.1, 0.15) is 173 Å². The van der Waals surface area contributed by atoms with Gasteiger partial charge in [-0.2, -0.15) is 11.8 Å². The summed E-state index contributed by atoms with van der Waals surface area (Å²) in [6.45, 7) is -0.0483. The normalized spacial score (nSPS) is 27.0. The van der Waals surface area contributed by atoms with Crippen LogP contribution >= 0.6 is 11.8 Å². The van der Waals surface area contributed by atoms with Gasteiger partial charge in [-0.05, 0) is 192 Å². The molecule has 13 aliphatic heterocycles. The van der Waals surface area contributed by atoms with Crippen LogP contribution in [0.5, 0.6) is 0 Å². The molecule has 43 nitrogen and oxygen atoms in total. The minimum atomic E-state index is -1.24. The number of thioether (sulfide) groups is 1. The van der Waals surface area contributed by atoms with Gasteiger partial charge in [-0.3, -0.25) is 101 Å². The summed E-state index contributed by atoms with van der Waals surface area (Å²) < 4.78 is 0. The molecule has 10 N–H and O–H groups in total. The maximum absolute atomic E-state index is 14.4. The molecular weight excluding hydrogens is 1690 g/mol. The summed E-state index contributed by atoms with van der Waals surface area (Å²) in [6, 6.07) is -12.6. The second kappa shape index (κ2) is 43.5. The second-order valence-corrected chi connectivity index (χ2v) is 36.5. The highest BCUT2D eigenvalue weighted by atomic mass is 32.2. The summed E-state index contributed by atoms with van der Waals surface area (Å²) >= 11 is 1.41. The van der Waals surface area contributed by atoms with Crippen LogP contribution in [-0.4, -0.2) is 416 Å². The SMILES string of the molecule is CSCC[C@H](NC(=O)[C@@H]1CCCN1C(=O)CNC(=O)[C@@H]1CCCN1C(=O)[C@@H]1CCCN1C(=O)CNC(=O)[C@@H]1CCCN1C(=O)[C@@H]1CCCN1C(=O)CNC(=O)[C@@H]1CCCN1C(=O)[C@@H]1CCCN1C(=O)CNC(=O)[C@@H]1CCCN1C(=O)[C@@H]1CCCN1C(=O)CNC(=O)[C@@H]1CCCN1C(=O)[C@@H]1CCCN1)C(=O)NCC(=O)N1CCC[C@H]1C(=O)N1CCC[C@H]1C(=O)NCC(=O)O. The lowest BCUT2D eigenvalue weighted by Crippen LogP contribution is -2.57. The second-order valence-electron chi connectivity index (χ2n) is 35.5. The highest BCUT2D eigenvalue weighted by Crippen LogP contribution is 2.33. The number of carbonyl (C=O) groups is 21. The van der Waals surface area contributed by atoms with Crippen molar-refractivity contribution in [3.63, 3.8) is 0 Å². The lowest BCUT2D eigenvalue weighted by Gasteiger charge is -2.32. The molecule has 13 saturated heterocycles. The van der Waals surface area contributed by atoms with Gasteiger partial charge in [0.2, 0.25) is 118 Å². The predicted molar refractivity (Wildman–Crippen MR) is 451 cm³/mol. The van der Waals surface area contributed by atoms with E-state index in [0.717, 1.165) is 13.0 Å². The zero-order chi connectivity index (χ0) is 91.1. The van der Waals surface area contributed by atoms with E-state index in [-0.39, 0.29) is 135 Å². The number of hydrogen-bond acceptors (Lipinski definition) is 23. The number of aliphatic carboxylic acids is 1. The number of nitrogens with one attached hydrogen (secondary N) is 9. The van der Waals surface area contributed by atoms with E-state index in [1.807, 2.05) is 6.26 Å². The molecule has 0 aromatic rings. The first-order valence-corrected chi connectivity index (χ1v) is 47.3. The fourth-order valence-corrected chi connectivity index (χ4v) is 21.6. The van der Waals surface area contributed by atoms with E-state index in [1.165, 1.54) is 65.7 Å². The molecule has 0 unspecified atom stereocenters. The van der Waals surface area contributed by atoms with E-state index in [9.17, 15) is 101 Å². The molecule has 702 valence electrons. The van der Waals surface area contributed by atoms with Crippen molar-refractivity contribution in [2.24, 2.45) is 0 Å². The minimum absolute atomic E-state index is 0.123. The lowest BCUT2D eigenvalue weighted by atomic mass is 10.1. The first kappa shape index (κ1) is 94.8. The van der Waals surface area contributed by atoms with Crippen LogP contribution in [0.15, 0.2) is 0 Å². The van der Waals surface area contributed by atoms with Gasteiger partial charge in [0.15, 0.2) is 0 Å². The Morgan fingerprint density at radius 1 is 0.273 bits per heavy atom. The van der Waals surface area contributed by atoms with Crippen LogP contribution in [0.2, 0.25) is 0 Å². The fraction of sp³-hybridized carbons (Fsp3) is 0.750. The zero-order valence-corrected chi connectivity index (χ0v) is 73.6. The highest BCUT2D eigenvalue weighted by Gasteiger charge is 2.51. The quantitative estimate of drug-likeness (QED) is 0.0300. The van der Waals surface area contributed by atoms with Crippen molar-refractivity contribution in [1.82, 2.24) is 107 Å². The van der Waals surface area contributed by atoms with E-state index in [0.29, 0.717) is 134 Å². The van der Waals surface area contributed by atoms with Crippen molar-refractivity contribution in [3.8, 4) is 0 Å². The van der Waals surface area contributed by atoms with Crippen LogP contribution < -0.4 is 47.9 Å². The smallest absolute Gasteiger partial charge is 0.322 e. The largest absolute Gasteiger partial charge is 0.480 e. The van der Waals surface area contributed by atoms with Gasteiger partial charge in [-0.1, -0.05) is 0 Å². The summed E-state index contributed by atoms with van der Waals surface area (Å²) in [4.78, 5) is 305. The molecule has 0 spiro atoms. The third-order valence-corrected chi connectivity index (χ3v) is 28.3. The van der Waals surface area contributed by atoms with Crippen LogP contribution in [-0.2, 0) is 101 Å². The third kappa shape index (κ3) is 21.7. The van der Waals surface area contributed by atoms with E-state index in [2.05, 4.69) is 47.9 Å². The van der Waals surface area contributed by atoms with E-state index < -0.39 is 236 Å². The van der Waals surface area contributed by atoms with Crippen molar-refractivity contribution in [2.75, 3.05) is 143 Å². The first-order chi connectivity index (χ1) is 61.6. The summed E-state index contributed by atoms with van der Waals surface area (Å²) in [7, 11) is 0. The minimum Gasteiger partial charge on any atom is -0.480 e. The van der Waals surface area contributed by atoms with Crippen molar-refractivity contribution in [3.05, 3.63) is 0 Å². The number of likely N-dealkylation sites (tertiary alicyclic amines) is 12. The molecule has 14 atom stereocenters. The molecule has 13 rings (SSSR count). The Morgan fingerprint density at radius 3 is 0.734 bits per heavy atom. The monoisotopic (exact) mass is 1810 g/mol. The summed E-state index contributed by atoms with van der Waals surface area (Å²) in [6.07, 6.45) is 13.0. The number of carboxylic acid groups (broad SMARTS) is 1. The first-order valence-electron chi connectivity index (χ1n) is 45.9. The summed E-state index contributed by atoms with van der Waals surface area (Å²) in [5.41, 5.74) is 0. The molecular formula is C84H123N21O22S. The standard InChI is InChI=1S/C84H123N21O22S/c1-128-42-28-50(71(114)86-43-65(107)95-31-10-23-59(95)84(127)105-41-9-21-57(105)77(120)92-49-70(112)113)93-78(121)58-22-3-30-94(58)64(106)44-87-73(116)53-17-5-37-101(53)80(123)61-25-12-33-97(61)67(109)46-89-75(118)55-19-7-39-103(55)82(125)63-27-14-35-99(63)69(111)48-91-76(119)56-20-8-40-104(56)83(126)62-26-13-34-98(62)68(110)47-90-74(117)54-18-6-38-102(54)81(124)60-24-11-32-96(60)66(108)45-88-72(115)52-16-4-36-100(52)79(122)51-15-2-29-85-51/h50-63,85H,2-49H2,1H3,(H,86,114)(H,87,116)(H,88,115)(H,89,118)(H,90,117)(H,91,119)(H,92,120)(H,93,121)(H,112,113)/t50-,51-,52-,53-,54-,55-,56-,57-,58-,59-,60-,61-,62-,63-/m0/s1. The van der Waals surface area contributed by atoms with Crippen LogP contribution in [0.4, 0.5) is 0 Å². The van der Waals surface area contributed by atoms with Crippen LogP contribution in [0, 0.1) is 0 Å². The van der Waals surface area contributed by atoms with Gasteiger partial charge in [0.05, 0.1) is 45.3 Å². The Bertz CT molecular complexity index is 4290. The summed E-state index contributed by atoms with van der Waals surface area (Å²) in [5, 5.41) is 33.3. The maximum atomic E-state index is 14.4. The number of rotatable bonds is 32. The molecule has 128 heavy (non-hydrogen) atoms. The van der Waals surface area contributed by atoms with Crippen molar-refractivity contribution in [2.45, 2.75) is 258 Å². The Kier molecular flexibility index (Phi) is 32.2. The third-order valence-electron chi connectivity index (χ3n) is 27.7. The lowest BCUT2D eigenvalue weighted by molar-refractivity contribution is -0.148. The van der Waals surface area contributed by atoms with Crippen molar-refractivity contribution in [1.29, 1.82) is 0 Å². The molecule has 0 saturated carbocycles. The van der Waals surface area contributed by atoms with Crippen molar-refractivity contribution < 1.29 is 106 Å². The van der Waals surface area contributed by atoms with Crippen LogP contribution in [0.3, 0.4) is 0 Å². The van der Waals surface area contributed by atoms with Gasteiger partial charge in [0.1, 0.15) is 85.1 Å². The average Bonchev–Trinajstić information content (AvgIpc) is 1.66. The molecule has 0 radical (unpaired) electrons. The van der Waals surface area contributed by atoms with Gasteiger partial charge in [0, 0.05) is 78.5 Å².